The monoisotopic (exact) mass is 322 g/mol. The van der Waals surface area contributed by atoms with Gasteiger partial charge in [-0.2, -0.15) is 0 Å². The SMILES string of the molecule is COc1cc(C(=O)Nc2ccccc2-c2nncn2C)ccc1C. The third kappa shape index (κ3) is 2.99. The molecular weight excluding hydrogens is 304 g/mol. The molecule has 3 rings (SSSR count). The van der Waals surface area contributed by atoms with Crippen molar-refractivity contribution in [2.45, 2.75) is 6.92 Å². The Balaban J connectivity index is 1.92. The van der Waals surface area contributed by atoms with Gasteiger partial charge in [-0.15, -0.1) is 10.2 Å². The number of benzene rings is 2. The van der Waals surface area contributed by atoms with Gasteiger partial charge in [-0.3, -0.25) is 4.79 Å². The highest BCUT2D eigenvalue weighted by Gasteiger charge is 2.14. The second-order valence-corrected chi connectivity index (χ2v) is 5.45. The summed E-state index contributed by atoms with van der Waals surface area (Å²) >= 11 is 0. The first-order valence-electron chi connectivity index (χ1n) is 7.49. The predicted octanol–water partition coefficient (Wildman–Crippen LogP) is 3.05. The minimum Gasteiger partial charge on any atom is -0.496 e. The van der Waals surface area contributed by atoms with E-state index in [-0.39, 0.29) is 5.91 Å². The van der Waals surface area contributed by atoms with Gasteiger partial charge in [0.2, 0.25) is 0 Å². The van der Waals surface area contributed by atoms with Crippen LogP contribution in [-0.2, 0) is 7.05 Å². The third-order valence-electron chi connectivity index (χ3n) is 3.80. The molecule has 1 amide bonds. The summed E-state index contributed by atoms with van der Waals surface area (Å²) in [5, 5.41) is 10.9. The fourth-order valence-corrected chi connectivity index (χ4v) is 2.47. The van der Waals surface area contributed by atoms with E-state index in [2.05, 4.69) is 15.5 Å². The van der Waals surface area contributed by atoms with Gasteiger partial charge in [-0.05, 0) is 36.8 Å². The van der Waals surface area contributed by atoms with E-state index < -0.39 is 0 Å². The molecule has 0 bridgehead atoms. The Bertz CT molecular complexity index is 886. The van der Waals surface area contributed by atoms with E-state index in [0.29, 0.717) is 22.8 Å². The van der Waals surface area contributed by atoms with E-state index in [9.17, 15) is 4.79 Å². The summed E-state index contributed by atoms with van der Waals surface area (Å²) in [6.45, 7) is 1.93. The third-order valence-corrected chi connectivity index (χ3v) is 3.80. The zero-order valence-electron chi connectivity index (χ0n) is 13.8. The van der Waals surface area contributed by atoms with E-state index in [4.69, 9.17) is 4.74 Å². The Kier molecular flexibility index (Phi) is 4.29. The van der Waals surface area contributed by atoms with Crippen LogP contribution in [-0.4, -0.2) is 27.8 Å². The Morgan fingerprint density at radius 3 is 2.71 bits per heavy atom. The standard InChI is InChI=1S/C18H18N4O2/c1-12-8-9-13(10-16(12)24-3)18(23)20-15-7-5-4-6-14(15)17-21-19-11-22(17)2/h4-11H,1-3H3,(H,20,23). The fourth-order valence-electron chi connectivity index (χ4n) is 2.47. The van der Waals surface area contributed by atoms with Gasteiger partial charge >= 0.3 is 0 Å². The summed E-state index contributed by atoms with van der Waals surface area (Å²) in [7, 11) is 3.45. The Hall–Kier alpha value is -3.15. The molecule has 6 nitrogen and oxygen atoms in total. The van der Waals surface area contributed by atoms with Crippen molar-refractivity contribution in [3.8, 4) is 17.1 Å². The zero-order valence-corrected chi connectivity index (χ0v) is 13.8. The normalized spacial score (nSPS) is 10.5. The van der Waals surface area contributed by atoms with Crippen LogP contribution >= 0.6 is 0 Å². The number of carbonyl (C=O) groups is 1. The average molecular weight is 322 g/mol. The number of carbonyl (C=O) groups excluding carboxylic acids is 1. The van der Waals surface area contributed by atoms with Crippen LogP contribution in [0.4, 0.5) is 5.69 Å². The molecule has 122 valence electrons. The molecule has 24 heavy (non-hydrogen) atoms. The fraction of sp³-hybridized carbons (Fsp3) is 0.167. The number of aryl methyl sites for hydroxylation is 2. The minimum atomic E-state index is -0.206. The number of rotatable bonds is 4. The number of hydrogen-bond donors (Lipinski definition) is 1. The van der Waals surface area contributed by atoms with E-state index in [0.717, 1.165) is 11.1 Å². The lowest BCUT2D eigenvalue weighted by molar-refractivity contribution is 0.102. The summed E-state index contributed by atoms with van der Waals surface area (Å²) in [5.74, 6) is 1.17. The van der Waals surface area contributed by atoms with E-state index in [1.807, 2.05) is 44.3 Å². The number of nitrogens with zero attached hydrogens (tertiary/aromatic N) is 3. The second-order valence-electron chi connectivity index (χ2n) is 5.45. The summed E-state index contributed by atoms with van der Waals surface area (Å²) in [6, 6.07) is 12.9. The number of amides is 1. The van der Waals surface area contributed by atoms with Gasteiger partial charge < -0.3 is 14.6 Å². The number of methoxy groups -OCH3 is 1. The van der Waals surface area contributed by atoms with Crippen molar-refractivity contribution in [2.24, 2.45) is 7.05 Å². The van der Waals surface area contributed by atoms with Crippen molar-refractivity contribution in [1.29, 1.82) is 0 Å². The molecule has 0 aliphatic carbocycles. The molecule has 0 unspecified atom stereocenters. The maximum atomic E-state index is 12.6. The number of anilines is 1. The quantitative estimate of drug-likeness (QED) is 0.801. The van der Waals surface area contributed by atoms with Crippen molar-refractivity contribution in [1.82, 2.24) is 14.8 Å². The lowest BCUT2D eigenvalue weighted by Crippen LogP contribution is -2.13. The zero-order chi connectivity index (χ0) is 17.1. The number of aromatic nitrogens is 3. The summed E-state index contributed by atoms with van der Waals surface area (Å²) in [4.78, 5) is 12.6. The van der Waals surface area contributed by atoms with Gasteiger partial charge in [-0.1, -0.05) is 18.2 Å². The van der Waals surface area contributed by atoms with Gasteiger partial charge in [0.05, 0.1) is 12.8 Å². The first-order chi connectivity index (χ1) is 11.6. The van der Waals surface area contributed by atoms with Gasteiger partial charge in [0, 0.05) is 18.2 Å². The Labute approximate surface area is 140 Å². The number of nitrogens with one attached hydrogen (secondary N) is 1. The van der Waals surface area contributed by atoms with Crippen LogP contribution in [0.15, 0.2) is 48.8 Å². The topological polar surface area (TPSA) is 69.0 Å². The van der Waals surface area contributed by atoms with Crippen LogP contribution in [0.25, 0.3) is 11.4 Å². The Morgan fingerprint density at radius 1 is 1.21 bits per heavy atom. The molecule has 0 saturated carbocycles. The molecule has 0 atom stereocenters. The highest BCUT2D eigenvalue weighted by Crippen LogP contribution is 2.26. The molecule has 0 saturated heterocycles. The molecule has 3 aromatic rings. The van der Waals surface area contributed by atoms with Gasteiger partial charge in [-0.25, -0.2) is 0 Å². The van der Waals surface area contributed by atoms with Crippen LogP contribution in [0.3, 0.4) is 0 Å². The predicted molar refractivity (Wildman–Crippen MR) is 92.1 cm³/mol. The van der Waals surface area contributed by atoms with Crippen LogP contribution < -0.4 is 10.1 Å². The van der Waals surface area contributed by atoms with Gasteiger partial charge in [0.25, 0.3) is 5.91 Å². The summed E-state index contributed by atoms with van der Waals surface area (Å²) in [5.41, 5.74) is 3.00. The Morgan fingerprint density at radius 2 is 2.00 bits per heavy atom. The molecule has 1 aromatic heterocycles. The molecule has 6 heteroatoms. The second kappa shape index (κ2) is 6.54. The molecule has 0 aliphatic rings. The number of para-hydroxylation sites is 1. The smallest absolute Gasteiger partial charge is 0.255 e. The minimum absolute atomic E-state index is 0.206. The van der Waals surface area contributed by atoms with Crippen molar-refractivity contribution in [3.63, 3.8) is 0 Å². The van der Waals surface area contributed by atoms with Crippen LogP contribution in [0.5, 0.6) is 5.75 Å². The number of ether oxygens (including phenoxy) is 1. The van der Waals surface area contributed by atoms with Crippen LogP contribution in [0.1, 0.15) is 15.9 Å². The van der Waals surface area contributed by atoms with Crippen molar-refractivity contribution in [2.75, 3.05) is 12.4 Å². The lowest BCUT2D eigenvalue weighted by Gasteiger charge is -2.12. The maximum Gasteiger partial charge on any atom is 0.255 e. The highest BCUT2D eigenvalue weighted by atomic mass is 16.5. The summed E-state index contributed by atoms with van der Waals surface area (Å²) < 4.78 is 7.09. The molecule has 0 spiro atoms. The van der Waals surface area contributed by atoms with E-state index in [1.165, 1.54) is 0 Å². The molecule has 2 aromatic carbocycles. The molecule has 0 fully saturated rings. The van der Waals surface area contributed by atoms with Crippen molar-refractivity contribution >= 4 is 11.6 Å². The maximum absolute atomic E-state index is 12.6. The average Bonchev–Trinajstić information content (AvgIpc) is 3.01. The lowest BCUT2D eigenvalue weighted by atomic mass is 10.1. The van der Waals surface area contributed by atoms with E-state index in [1.54, 1.807) is 30.1 Å². The highest BCUT2D eigenvalue weighted by molar-refractivity contribution is 6.06. The van der Waals surface area contributed by atoms with Gasteiger partial charge in [0.15, 0.2) is 5.82 Å². The molecule has 0 radical (unpaired) electrons. The van der Waals surface area contributed by atoms with Crippen LogP contribution in [0.2, 0.25) is 0 Å². The molecular formula is C18H18N4O2. The van der Waals surface area contributed by atoms with Crippen molar-refractivity contribution in [3.05, 3.63) is 59.9 Å². The van der Waals surface area contributed by atoms with Crippen molar-refractivity contribution < 1.29 is 9.53 Å². The number of hydrogen-bond acceptors (Lipinski definition) is 4. The molecule has 1 N–H and O–H groups in total. The first kappa shape index (κ1) is 15.7. The van der Waals surface area contributed by atoms with Crippen LogP contribution in [0, 0.1) is 6.92 Å². The summed E-state index contributed by atoms with van der Waals surface area (Å²) in [6.07, 6.45) is 1.62. The first-order valence-corrected chi connectivity index (χ1v) is 7.49. The van der Waals surface area contributed by atoms with Gasteiger partial charge in [0.1, 0.15) is 12.1 Å². The largest absolute Gasteiger partial charge is 0.496 e. The molecule has 0 aliphatic heterocycles. The van der Waals surface area contributed by atoms with E-state index >= 15 is 0 Å². The molecule has 1 heterocycles.